The van der Waals surface area contributed by atoms with Gasteiger partial charge in [-0.2, -0.15) is 0 Å². The van der Waals surface area contributed by atoms with Crippen LogP contribution in [-0.2, 0) is 0 Å². The lowest BCUT2D eigenvalue weighted by molar-refractivity contribution is 0.355. The molecule has 5 heteroatoms. The maximum absolute atomic E-state index is 6.27. The summed E-state index contributed by atoms with van der Waals surface area (Å²) in [6, 6.07) is 5.76. The first kappa shape index (κ1) is 14.1. The predicted molar refractivity (Wildman–Crippen MR) is 82.3 cm³/mol. The monoisotopic (exact) mass is 304 g/mol. The molecule has 0 bridgehead atoms. The van der Waals surface area contributed by atoms with Crippen molar-refractivity contribution in [3.8, 4) is 22.8 Å². The number of nitrogens with zero attached hydrogens (tertiary/aromatic N) is 2. The molecule has 1 heterocycles. The van der Waals surface area contributed by atoms with E-state index >= 15 is 0 Å². The normalized spacial score (nSPS) is 14.1. The molecule has 0 amide bonds. The van der Waals surface area contributed by atoms with Crippen molar-refractivity contribution >= 4 is 11.6 Å². The molecule has 0 atom stereocenters. The number of hydrogen-bond donors (Lipinski definition) is 0. The van der Waals surface area contributed by atoms with Gasteiger partial charge in [-0.05, 0) is 38.0 Å². The molecule has 0 N–H and O–H groups in total. The lowest BCUT2D eigenvalue weighted by atomic mass is 10.1. The largest absolute Gasteiger partial charge is 0.493 e. The molecule has 1 aromatic heterocycles. The van der Waals surface area contributed by atoms with Gasteiger partial charge in [0, 0.05) is 17.0 Å². The van der Waals surface area contributed by atoms with E-state index in [9.17, 15) is 0 Å². The van der Waals surface area contributed by atoms with Crippen LogP contribution >= 0.6 is 11.6 Å². The Kier molecular flexibility index (Phi) is 3.72. The van der Waals surface area contributed by atoms with Gasteiger partial charge in [-0.1, -0.05) is 11.6 Å². The van der Waals surface area contributed by atoms with Crippen molar-refractivity contribution < 1.29 is 9.47 Å². The number of hydrogen-bond acceptors (Lipinski definition) is 4. The summed E-state index contributed by atoms with van der Waals surface area (Å²) >= 11 is 6.27. The molecule has 4 nitrogen and oxygen atoms in total. The van der Waals surface area contributed by atoms with Gasteiger partial charge in [0.2, 0.25) is 0 Å². The molecule has 0 spiro atoms. The number of rotatable bonds is 4. The van der Waals surface area contributed by atoms with Gasteiger partial charge in [0.25, 0.3) is 0 Å². The molecule has 1 aliphatic rings. The van der Waals surface area contributed by atoms with Crippen molar-refractivity contribution in [3.63, 3.8) is 0 Å². The van der Waals surface area contributed by atoms with E-state index in [1.165, 1.54) is 0 Å². The van der Waals surface area contributed by atoms with Crippen molar-refractivity contribution in [1.29, 1.82) is 0 Å². The maximum atomic E-state index is 6.27. The van der Waals surface area contributed by atoms with Crippen LogP contribution in [0.2, 0.25) is 5.15 Å². The van der Waals surface area contributed by atoms with Gasteiger partial charge in [0.1, 0.15) is 11.0 Å². The zero-order valence-electron chi connectivity index (χ0n) is 12.3. The lowest BCUT2D eigenvalue weighted by Gasteiger charge is -2.12. The van der Waals surface area contributed by atoms with Gasteiger partial charge >= 0.3 is 0 Å². The molecule has 0 unspecified atom stereocenters. The standard InChI is InChI=1S/C16H17ClN2O2/c1-9-14(18-16(10-4-5-10)19-15(9)17)11-6-7-12(20-2)13(8-11)21-3/h6-8,10H,4-5H2,1-3H3. The topological polar surface area (TPSA) is 44.2 Å². The van der Waals surface area contributed by atoms with E-state index in [2.05, 4.69) is 4.98 Å². The third-order valence-corrected chi connectivity index (χ3v) is 4.07. The molecule has 21 heavy (non-hydrogen) atoms. The quantitative estimate of drug-likeness (QED) is 0.801. The summed E-state index contributed by atoms with van der Waals surface area (Å²) in [6.45, 7) is 1.94. The molecule has 3 rings (SSSR count). The number of benzene rings is 1. The van der Waals surface area contributed by atoms with Crippen molar-refractivity contribution in [2.45, 2.75) is 25.7 Å². The summed E-state index contributed by atoms with van der Waals surface area (Å²) in [5, 5.41) is 0.525. The van der Waals surface area contributed by atoms with E-state index in [-0.39, 0.29) is 0 Å². The average molecular weight is 305 g/mol. The van der Waals surface area contributed by atoms with Crippen molar-refractivity contribution in [1.82, 2.24) is 9.97 Å². The van der Waals surface area contributed by atoms with Crippen LogP contribution < -0.4 is 9.47 Å². The third-order valence-electron chi connectivity index (χ3n) is 3.70. The highest BCUT2D eigenvalue weighted by molar-refractivity contribution is 6.30. The van der Waals surface area contributed by atoms with E-state index in [4.69, 9.17) is 26.1 Å². The first-order valence-electron chi connectivity index (χ1n) is 6.90. The molecule has 1 aliphatic carbocycles. The summed E-state index contributed by atoms with van der Waals surface area (Å²) in [6.07, 6.45) is 2.29. The smallest absolute Gasteiger partial charge is 0.161 e. The van der Waals surface area contributed by atoms with Crippen LogP contribution in [0.5, 0.6) is 11.5 Å². The second-order valence-corrected chi connectivity index (χ2v) is 5.55. The second-order valence-electron chi connectivity index (χ2n) is 5.19. The minimum Gasteiger partial charge on any atom is -0.493 e. The van der Waals surface area contributed by atoms with Crippen LogP contribution in [0.15, 0.2) is 18.2 Å². The fourth-order valence-corrected chi connectivity index (χ4v) is 2.47. The molecule has 2 aromatic rings. The zero-order valence-corrected chi connectivity index (χ0v) is 13.1. The predicted octanol–water partition coefficient (Wildman–Crippen LogP) is 4.00. The number of methoxy groups -OCH3 is 2. The maximum Gasteiger partial charge on any atom is 0.161 e. The Morgan fingerprint density at radius 3 is 2.43 bits per heavy atom. The second kappa shape index (κ2) is 5.53. The van der Waals surface area contributed by atoms with Crippen LogP contribution in [0.1, 0.15) is 30.1 Å². The summed E-state index contributed by atoms with van der Waals surface area (Å²) < 4.78 is 10.6. The van der Waals surface area contributed by atoms with Crippen molar-refractivity contribution in [2.24, 2.45) is 0 Å². The summed E-state index contributed by atoms with van der Waals surface area (Å²) in [7, 11) is 3.24. The fourth-order valence-electron chi connectivity index (χ4n) is 2.29. The fraction of sp³-hybridized carbons (Fsp3) is 0.375. The Hall–Kier alpha value is -1.81. The first-order chi connectivity index (χ1) is 10.1. The Labute approximate surface area is 129 Å². The average Bonchev–Trinajstić information content (AvgIpc) is 3.34. The highest BCUT2D eigenvalue weighted by Crippen LogP contribution is 2.40. The van der Waals surface area contributed by atoms with E-state index in [1.807, 2.05) is 25.1 Å². The Morgan fingerprint density at radius 2 is 1.81 bits per heavy atom. The minimum absolute atomic E-state index is 0.460. The SMILES string of the molecule is COc1ccc(-c2nc(C3CC3)nc(Cl)c2C)cc1OC. The first-order valence-corrected chi connectivity index (χ1v) is 7.28. The molecule has 0 saturated heterocycles. The minimum atomic E-state index is 0.460. The van der Waals surface area contributed by atoms with Gasteiger partial charge in [0.15, 0.2) is 11.5 Å². The Balaban J connectivity index is 2.11. The molecule has 1 fully saturated rings. The molecular formula is C16H17ClN2O2. The zero-order chi connectivity index (χ0) is 15.0. The molecule has 1 saturated carbocycles. The van der Waals surface area contributed by atoms with Crippen LogP contribution in [0.3, 0.4) is 0 Å². The van der Waals surface area contributed by atoms with E-state index in [0.717, 1.165) is 35.5 Å². The molecule has 110 valence electrons. The number of ether oxygens (including phenoxy) is 2. The Bertz CT molecular complexity index is 684. The van der Waals surface area contributed by atoms with Gasteiger partial charge in [-0.15, -0.1) is 0 Å². The summed E-state index contributed by atoms with van der Waals surface area (Å²) in [5.41, 5.74) is 2.70. The highest BCUT2D eigenvalue weighted by atomic mass is 35.5. The van der Waals surface area contributed by atoms with E-state index in [1.54, 1.807) is 14.2 Å². The van der Waals surface area contributed by atoms with Gasteiger partial charge in [-0.3, -0.25) is 0 Å². The van der Waals surface area contributed by atoms with Gasteiger partial charge in [0.05, 0.1) is 19.9 Å². The summed E-state index contributed by atoms with van der Waals surface area (Å²) in [4.78, 5) is 9.10. The molecule has 0 aliphatic heterocycles. The van der Waals surface area contributed by atoms with Gasteiger partial charge < -0.3 is 9.47 Å². The summed E-state index contributed by atoms with van der Waals surface area (Å²) in [5.74, 6) is 2.68. The van der Waals surface area contributed by atoms with Crippen molar-refractivity contribution in [2.75, 3.05) is 14.2 Å². The highest BCUT2D eigenvalue weighted by Gasteiger charge is 2.28. The van der Waals surface area contributed by atoms with Crippen LogP contribution in [0.25, 0.3) is 11.3 Å². The molecule has 0 radical (unpaired) electrons. The van der Waals surface area contributed by atoms with E-state index < -0.39 is 0 Å². The Morgan fingerprint density at radius 1 is 1.10 bits per heavy atom. The number of halogens is 1. The van der Waals surface area contributed by atoms with Crippen LogP contribution in [0.4, 0.5) is 0 Å². The molecular weight excluding hydrogens is 288 g/mol. The van der Waals surface area contributed by atoms with E-state index in [0.29, 0.717) is 22.6 Å². The van der Waals surface area contributed by atoms with Crippen LogP contribution in [0, 0.1) is 6.92 Å². The van der Waals surface area contributed by atoms with Crippen molar-refractivity contribution in [3.05, 3.63) is 34.7 Å². The third kappa shape index (κ3) is 2.68. The van der Waals surface area contributed by atoms with Crippen LogP contribution in [-0.4, -0.2) is 24.2 Å². The van der Waals surface area contributed by atoms with Gasteiger partial charge in [-0.25, -0.2) is 9.97 Å². The number of aromatic nitrogens is 2. The lowest BCUT2D eigenvalue weighted by Crippen LogP contribution is -2.00. The molecule has 1 aromatic carbocycles.